The number of rotatable bonds is 2. The van der Waals surface area contributed by atoms with E-state index in [1.165, 1.54) is 13.2 Å². The van der Waals surface area contributed by atoms with Crippen LogP contribution < -0.4 is 4.74 Å². The maximum atomic E-state index is 12.3. The van der Waals surface area contributed by atoms with Gasteiger partial charge in [-0.15, -0.1) is 0 Å². The van der Waals surface area contributed by atoms with E-state index in [2.05, 4.69) is 0 Å². The molecule has 4 nitrogen and oxygen atoms in total. The van der Waals surface area contributed by atoms with Gasteiger partial charge in [-0.1, -0.05) is 0 Å². The first-order valence-electron chi connectivity index (χ1n) is 5.89. The molecule has 1 aliphatic heterocycles. The topological polar surface area (TPSA) is 49.8 Å². The number of carbonyl (C=O) groups excluding carboxylic acids is 1. The Labute approximate surface area is 111 Å². The predicted octanol–water partition coefficient (Wildman–Crippen LogP) is 1.98. The molecule has 5 heteroatoms. The third-order valence-corrected chi connectivity index (χ3v) is 4.24. The summed E-state index contributed by atoms with van der Waals surface area (Å²) in [5.74, 6) is 2.29. The standard InChI is InChI=1S/C13H17NO3S/c1-9-8-18-6-5-14(9)13(16)10-3-4-12(17-2)11(15)7-10/h3-4,7,9,15H,5-6,8H2,1-2H3. The maximum absolute atomic E-state index is 12.3. The molecule has 1 amide bonds. The van der Waals surface area contributed by atoms with Gasteiger partial charge in [0.15, 0.2) is 11.5 Å². The SMILES string of the molecule is COc1ccc(C(=O)N2CCSCC2C)cc1O. The quantitative estimate of drug-likeness (QED) is 0.890. The van der Waals surface area contributed by atoms with Crippen molar-refractivity contribution in [3.8, 4) is 11.5 Å². The largest absolute Gasteiger partial charge is 0.504 e. The van der Waals surface area contributed by atoms with Crippen molar-refractivity contribution in [3.63, 3.8) is 0 Å². The zero-order valence-corrected chi connectivity index (χ0v) is 11.4. The fraction of sp³-hybridized carbons (Fsp3) is 0.462. The Kier molecular flexibility index (Phi) is 4.01. The lowest BCUT2D eigenvalue weighted by molar-refractivity contribution is 0.0715. The molecular formula is C13H17NO3S. The van der Waals surface area contributed by atoms with E-state index in [1.807, 2.05) is 23.6 Å². The summed E-state index contributed by atoms with van der Waals surface area (Å²) in [6.07, 6.45) is 0. The number of ether oxygens (including phenoxy) is 1. The number of phenols is 1. The van der Waals surface area contributed by atoms with Gasteiger partial charge in [-0.2, -0.15) is 11.8 Å². The first-order valence-corrected chi connectivity index (χ1v) is 7.04. The van der Waals surface area contributed by atoms with E-state index in [4.69, 9.17) is 4.74 Å². The lowest BCUT2D eigenvalue weighted by atomic mass is 10.1. The molecule has 1 unspecified atom stereocenters. The average Bonchev–Trinajstić information content (AvgIpc) is 2.38. The second-order valence-corrected chi connectivity index (χ2v) is 5.46. The fourth-order valence-corrected chi connectivity index (χ4v) is 3.03. The van der Waals surface area contributed by atoms with Crippen LogP contribution in [-0.2, 0) is 0 Å². The van der Waals surface area contributed by atoms with E-state index in [1.54, 1.807) is 12.1 Å². The Balaban J connectivity index is 2.20. The van der Waals surface area contributed by atoms with Gasteiger partial charge in [0.1, 0.15) is 0 Å². The van der Waals surface area contributed by atoms with Crippen LogP contribution in [0, 0.1) is 0 Å². The molecule has 18 heavy (non-hydrogen) atoms. The van der Waals surface area contributed by atoms with Crippen LogP contribution in [0.25, 0.3) is 0 Å². The monoisotopic (exact) mass is 267 g/mol. The number of methoxy groups -OCH3 is 1. The van der Waals surface area contributed by atoms with Crippen molar-refractivity contribution >= 4 is 17.7 Å². The predicted molar refractivity (Wildman–Crippen MR) is 72.5 cm³/mol. The van der Waals surface area contributed by atoms with Gasteiger partial charge in [-0.3, -0.25) is 4.79 Å². The number of benzene rings is 1. The normalized spacial score (nSPS) is 19.7. The molecule has 98 valence electrons. The molecule has 1 heterocycles. The van der Waals surface area contributed by atoms with Gasteiger partial charge in [-0.05, 0) is 25.1 Å². The van der Waals surface area contributed by atoms with Crippen LogP contribution in [0.1, 0.15) is 17.3 Å². The van der Waals surface area contributed by atoms with Crippen LogP contribution in [0.5, 0.6) is 11.5 Å². The van der Waals surface area contributed by atoms with Crippen LogP contribution in [0.2, 0.25) is 0 Å². The zero-order valence-electron chi connectivity index (χ0n) is 10.5. The first kappa shape index (κ1) is 13.1. The van der Waals surface area contributed by atoms with Gasteiger partial charge in [0.25, 0.3) is 5.91 Å². The van der Waals surface area contributed by atoms with Gasteiger partial charge in [0, 0.05) is 29.7 Å². The number of nitrogens with zero attached hydrogens (tertiary/aromatic N) is 1. The molecule has 0 aromatic heterocycles. The summed E-state index contributed by atoms with van der Waals surface area (Å²) in [6, 6.07) is 5.01. The Bertz CT molecular complexity index is 450. The number of phenolic OH excluding ortho intramolecular Hbond substituents is 1. The first-order chi connectivity index (χ1) is 8.63. The van der Waals surface area contributed by atoms with E-state index >= 15 is 0 Å². The van der Waals surface area contributed by atoms with Crippen LogP contribution in [0.3, 0.4) is 0 Å². The van der Waals surface area contributed by atoms with Gasteiger partial charge in [-0.25, -0.2) is 0 Å². The molecule has 2 rings (SSSR count). The molecule has 1 aromatic rings. The third-order valence-electron chi connectivity index (χ3n) is 3.05. The number of amides is 1. The highest BCUT2D eigenvalue weighted by Crippen LogP contribution is 2.27. The summed E-state index contributed by atoms with van der Waals surface area (Å²) < 4.78 is 4.97. The smallest absolute Gasteiger partial charge is 0.254 e. The van der Waals surface area contributed by atoms with Crippen molar-refractivity contribution in [1.82, 2.24) is 4.90 Å². The van der Waals surface area contributed by atoms with Crippen molar-refractivity contribution in [1.29, 1.82) is 0 Å². The van der Waals surface area contributed by atoms with Crippen molar-refractivity contribution < 1.29 is 14.6 Å². The van der Waals surface area contributed by atoms with E-state index < -0.39 is 0 Å². The molecule has 1 fully saturated rings. The maximum Gasteiger partial charge on any atom is 0.254 e. The van der Waals surface area contributed by atoms with Gasteiger partial charge in [0.05, 0.1) is 7.11 Å². The van der Waals surface area contributed by atoms with Crippen molar-refractivity contribution in [3.05, 3.63) is 23.8 Å². The highest BCUT2D eigenvalue weighted by molar-refractivity contribution is 7.99. The lowest BCUT2D eigenvalue weighted by Crippen LogP contribution is -2.44. The van der Waals surface area contributed by atoms with Crippen LogP contribution >= 0.6 is 11.8 Å². The van der Waals surface area contributed by atoms with Gasteiger partial charge >= 0.3 is 0 Å². The Morgan fingerprint density at radius 3 is 2.94 bits per heavy atom. The molecule has 0 aliphatic carbocycles. The van der Waals surface area contributed by atoms with E-state index in [9.17, 15) is 9.90 Å². The van der Waals surface area contributed by atoms with E-state index in [0.29, 0.717) is 11.3 Å². The fourth-order valence-electron chi connectivity index (χ4n) is 2.02. The average molecular weight is 267 g/mol. The summed E-state index contributed by atoms with van der Waals surface area (Å²) in [4.78, 5) is 14.2. The van der Waals surface area contributed by atoms with Gasteiger partial charge < -0.3 is 14.7 Å². The molecule has 0 bridgehead atoms. The molecule has 1 saturated heterocycles. The summed E-state index contributed by atoms with van der Waals surface area (Å²) in [6.45, 7) is 2.81. The molecular weight excluding hydrogens is 250 g/mol. The molecule has 1 aromatic carbocycles. The molecule has 0 saturated carbocycles. The summed E-state index contributed by atoms with van der Waals surface area (Å²) in [5, 5.41) is 9.70. The van der Waals surface area contributed by atoms with Crippen molar-refractivity contribution in [2.75, 3.05) is 25.2 Å². The van der Waals surface area contributed by atoms with Crippen molar-refractivity contribution in [2.45, 2.75) is 13.0 Å². The Morgan fingerprint density at radius 2 is 2.33 bits per heavy atom. The lowest BCUT2D eigenvalue weighted by Gasteiger charge is -2.33. The van der Waals surface area contributed by atoms with E-state index in [-0.39, 0.29) is 17.7 Å². The van der Waals surface area contributed by atoms with E-state index in [0.717, 1.165) is 18.1 Å². The minimum atomic E-state index is -0.0271. The van der Waals surface area contributed by atoms with Crippen LogP contribution in [0.15, 0.2) is 18.2 Å². The molecule has 1 aliphatic rings. The Morgan fingerprint density at radius 1 is 1.56 bits per heavy atom. The van der Waals surface area contributed by atoms with Gasteiger partial charge in [0.2, 0.25) is 0 Å². The molecule has 0 radical (unpaired) electrons. The number of hydrogen-bond donors (Lipinski definition) is 1. The number of thioether (sulfide) groups is 1. The van der Waals surface area contributed by atoms with Crippen LogP contribution in [-0.4, -0.2) is 47.1 Å². The second kappa shape index (κ2) is 5.52. The summed E-state index contributed by atoms with van der Waals surface area (Å²) >= 11 is 1.87. The van der Waals surface area contributed by atoms with Crippen LogP contribution in [0.4, 0.5) is 0 Å². The highest BCUT2D eigenvalue weighted by Gasteiger charge is 2.24. The second-order valence-electron chi connectivity index (χ2n) is 4.31. The number of hydrogen-bond acceptors (Lipinski definition) is 4. The zero-order chi connectivity index (χ0) is 13.1. The minimum Gasteiger partial charge on any atom is -0.504 e. The molecule has 1 atom stereocenters. The summed E-state index contributed by atoms with van der Waals surface area (Å²) in [7, 11) is 1.49. The minimum absolute atomic E-state index is 0.00221. The third kappa shape index (κ3) is 2.56. The Hall–Kier alpha value is -1.36. The molecule has 0 spiro atoms. The highest BCUT2D eigenvalue weighted by atomic mass is 32.2. The summed E-state index contributed by atoms with van der Waals surface area (Å²) in [5.41, 5.74) is 0.507. The van der Waals surface area contributed by atoms with Crippen molar-refractivity contribution in [2.24, 2.45) is 0 Å². The number of aromatic hydroxyl groups is 1. The molecule has 1 N–H and O–H groups in total. The number of carbonyl (C=O) groups is 1.